The summed E-state index contributed by atoms with van der Waals surface area (Å²) in [6.45, 7) is 9.40. The number of pyridine rings is 1. The van der Waals surface area contributed by atoms with Crippen molar-refractivity contribution in [1.82, 2.24) is 9.88 Å². The van der Waals surface area contributed by atoms with Gasteiger partial charge in [-0.05, 0) is 37.6 Å². The lowest BCUT2D eigenvalue weighted by Gasteiger charge is -2.29. The van der Waals surface area contributed by atoms with Crippen LogP contribution in [-0.2, 0) is 13.0 Å². The van der Waals surface area contributed by atoms with Gasteiger partial charge in [0.15, 0.2) is 0 Å². The van der Waals surface area contributed by atoms with Gasteiger partial charge in [0, 0.05) is 36.2 Å². The van der Waals surface area contributed by atoms with Gasteiger partial charge in [-0.1, -0.05) is 30.8 Å². The van der Waals surface area contributed by atoms with E-state index in [1.807, 2.05) is 0 Å². The van der Waals surface area contributed by atoms with Crippen LogP contribution in [0.15, 0.2) is 12.1 Å². The SMILES string of the molecule is CCN1CCc2nc3c(C)cc(C)cc3c(C(N)=S)c2C1. The molecule has 4 heteroatoms. The molecule has 3 rings (SSSR count). The Labute approximate surface area is 131 Å². The molecule has 2 heterocycles. The molecule has 0 spiro atoms. The number of likely N-dealkylation sites (N-methyl/N-ethyl adjacent to an activating group) is 1. The summed E-state index contributed by atoms with van der Waals surface area (Å²) in [5, 5.41) is 1.11. The van der Waals surface area contributed by atoms with E-state index in [0.717, 1.165) is 42.5 Å². The number of aromatic nitrogens is 1. The van der Waals surface area contributed by atoms with E-state index in [-0.39, 0.29) is 0 Å². The minimum atomic E-state index is 0.488. The van der Waals surface area contributed by atoms with Gasteiger partial charge in [0.2, 0.25) is 0 Å². The van der Waals surface area contributed by atoms with Gasteiger partial charge >= 0.3 is 0 Å². The third-order valence-electron chi connectivity index (χ3n) is 4.35. The molecule has 1 aromatic heterocycles. The van der Waals surface area contributed by atoms with Crippen LogP contribution in [0.3, 0.4) is 0 Å². The van der Waals surface area contributed by atoms with Gasteiger partial charge in [-0.2, -0.15) is 0 Å². The zero-order valence-electron chi connectivity index (χ0n) is 12.9. The zero-order valence-corrected chi connectivity index (χ0v) is 13.7. The largest absolute Gasteiger partial charge is 0.389 e. The summed E-state index contributed by atoms with van der Waals surface area (Å²) in [5.74, 6) is 0. The Morgan fingerprint density at radius 1 is 1.38 bits per heavy atom. The minimum Gasteiger partial charge on any atom is -0.389 e. The lowest BCUT2D eigenvalue weighted by Crippen LogP contribution is -2.33. The van der Waals surface area contributed by atoms with E-state index in [2.05, 4.69) is 37.8 Å². The van der Waals surface area contributed by atoms with E-state index < -0.39 is 0 Å². The lowest BCUT2D eigenvalue weighted by atomic mass is 9.93. The van der Waals surface area contributed by atoms with Crippen LogP contribution in [0.2, 0.25) is 0 Å². The second-order valence-electron chi connectivity index (χ2n) is 5.87. The van der Waals surface area contributed by atoms with Gasteiger partial charge in [-0.15, -0.1) is 0 Å². The van der Waals surface area contributed by atoms with Gasteiger partial charge in [-0.3, -0.25) is 9.88 Å². The maximum absolute atomic E-state index is 6.08. The van der Waals surface area contributed by atoms with Gasteiger partial charge < -0.3 is 5.73 Å². The number of fused-ring (bicyclic) bond motifs is 2. The molecular formula is C17H21N3S. The fraction of sp³-hybridized carbons (Fsp3) is 0.412. The molecule has 0 saturated carbocycles. The minimum absolute atomic E-state index is 0.488. The second-order valence-corrected chi connectivity index (χ2v) is 6.31. The number of benzene rings is 1. The lowest BCUT2D eigenvalue weighted by molar-refractivity contribution is 0.266. The van der Waals surface area contributed by atoms with Crippen molar-refractivity contribution in [3.05, 3.63) is 40.1 Å². The standard InChI is InChI=1S/C17H21N3S/c1-4-20-6-5-14-13(9-20)15(17(18)21)12-8-10(2)7-11(3)16(12)19-14/h7-8H,4-6,9H2,1-3H3,(H2,18,21). The Kier molecular flexibility index (Phi) is 3.68. The highest BCUT2D eigenvalue weighted by atomic mass is 32.1. The molecule has 0 atom stereocenters. The van der Waals surface area contributed by atoms with E-state index in [9.17, 15) is 0 Å². The summed E-state index contributed by atoms with van der Waals surface area (Å²) >= 11 is 5.37. The molecule has 0 aliphatic carbocycles. The van der Waals surface area contributed by atoms with Crippen molar-refractivity contribution in [2.75, 3.05) is 13.1 Å². The van der Waals surface area contributed by atoms with Gasteiger partial charge in [-0.25, -0.2) is 0 Å². The average Bonchev–Trinajstić information content (AvgIpc) is 2.44. The molecule has 1 aromatic carbocycles. The van der Waals surface area contributed by atoms with E-state index in [1.165, 1.54) is 22.4 Å². The molecule has 0 bridgehead atoms. The van der Waals surface area contributed by atoms with Gasteiger partial charge in [0.25, 0.3) is 0 Å². The first-order chi connectivity index (χ1) is 10.0. The van der Waals surface area contributed by atoms with Crippen LogP contribution in [0.5, 0.6) is 0 Å². The molecule has 21 heavy (non-hydrogen) atoms. The van der Waals surface area contributed by atoms with Crippen LogP contribution in [0.25, 0.3) is 10.9 Å². The summed E-state index contributed by atoms with van der Waals surface area (Å²) in [5.41, 5.74) is 13.0. The smallest absolute Gasteiger partial charge is 0.105 e. The van der Waals surface area contributed by atoms with E-state index in [1.54, 1.807) is 0 Å². The van der Waals surface area contributed by atoms with Crippen LogP contribution in [-0.4, -0.2) is 28.0 Å². The highest BCUT2D eigenvalue weighted by Crippen LogP contribution is 2.30. The quantitative estimate of drug-likeness (QED) is 0.866. The van der Waals surface area contributed by atoms with Crippen LogP contribution >= 0.6 is 12.2 Å². The van der Waals surface area contributed by atoms with Crippen molar-refractivity contribution in [3.8, 4) is 0 Å². The Bertz CT molecular complexity index is 737. The number of rotatable bonds is 2. The molecule has 3 nitrogen and oxygen atoms in total. The molecule has 1 aliphatic rings. The van der Waals surface area contributed by atoms with Crippen molar-refractivity contribution in [2.24, 2.45) is 5.73 Å². The van der Waals surface area contributed by atoms with Crippen LogP contribution < -0.4 is 5.73 Å². The van der Waals surface area contributed by atoms with Crippen LogP contribution in [0.4, 0.5) is 0 Å². The summed E-state index contributed by atoms with van der Waals surface area (Å²) in [7, 11) is 0. The third-order valence-corrected chi connectivity index (χ3v) is 4.56. The summed E-state index contributed by atoms with van der Waals surface area (Å²) in [6.07, 6.45) is 0.974. The van der Waals surface area contributed by atoms with Crippen LogP contribution in [0.1, 0.15) is 34.9 Å². The normalized spacial score (nSPS) is 15.2. The molecule has 1 aliphatic heterocycles. The Balaban J connectivity index is 2.35. The summed E-state index contributed by atoms with van der Waals surface area (Å²) in [6, 6.07) is 4.33. The fourth-order valence-electron chi connectivity index (χ4n) is 3.30. The first-order valence-corrected chi connectivity index (χ1v) is 7.87. The number of hydrogen-bond acceptors (Lipinski definition) is 3. The van der Waals surface area contributed by atoms with Crippen molar-refractivity contribution in [3.63, 3.8) is 0 Å². The molecule has 0 radical (unpaired) electrons. The maximum Gasteiger partial charge on any atom is 0.105 e. The van der Waals surface area contributed by atoms with E-state index >= 15 is 0 Å². The highest BCUT2D eigenvalue weighted by molar-refractivity contribution is 7.80. The van der Waals surface area contributed by atoms with Gasteiger partial charge in [0.05, 0.1) is 5.52 Å². The van der Waals surface area contributed by atoms with E-state index in [0.29, 0.717) is 4.99 Å². The zero-order chi connectivity index (χ0) is 15.1. The molecule has 0 unspecified atom stereocenters. The molecule has 2 aromatic rings. The maximum atomic E-state index is 6.08. The molecule has 0 amide bonds. The average molecular weight is 299 g/mol. The van der Waals surface area contributed by atoms with E-state index in [4.69, 9.17) is 22.9 Å². The summed E-state index contributed by atoms with van der Waals surface area (Å²) < 4.78 is 0. The third kappa shape index (κ3) is 2.43. The second kappa shape index (κ2) is 5.35. The van der Waals surface area contributed by atoms with Gasteiger partial charge in [0.1, 0.15) is 4.99 Å². The number of nitrogens with two attached hydrogens (primary N) is 1. The monoisotopic (exact) mass is 299 g/mol. The first kappa shape index (κ1) is 14.4. The highest BCUT2D eigenvalue weighted by Gasteiger charge is 2.23. The topological polar surface area (TPSA) is 42.2 Å². The fourth-order valence-corrected chi connectivity index (χ4v) is 3.54. The van der Waals surface area contributed by atoms with Crippen LogP contribution in [0, 0.1) is 13.8 Å². The first-order valence-electron chi connectivity index (χ1n) is 7.46. The number of nitrogens with zero attached hydrogens (tertiary/aromatic N) is 2. The van der Waals surface area contributed by atoms with Crippen molar-refractivity contribution in [1.29, 1.82) is 0 Å². The predicted octanol–water partition coefficient (Wildman–Crippen LogP) is 2.86. The Hall–Kier alpha value is -1.52. The molecule has 0 fully saturated rings. The number of aryl methyl sites for hydroxylation is 2. The Morgan fingerprint density at radius 3 is 2.81 bits per heavy atom. The molecule has 0 saturated heterocycles. The van der Waals surface area contributed by atoms with Crippen molar-refractivity contribution < 1.29 is 0 Å². The van der Waals surface area contributed by atoms with Crippen molar-refractivity contribution in [2.45, 2.75) is 33.7 Å². The molecule has 110 valence electrons. The molecule has 2 N–H and O–H groups in total. The Morgan fingerprint density at radius 2 is 2.14 bits per heavy atom. The molecular weight excluding hydrogens is 278 g/mol. The summed E-state index contributed by atoms with van der Waals surface area (Å²) in [4.78, 5) is 7.83. The predicted molar refractivity (Wildman–Crippen MR) is 91.8 cm³/mol. The number of thiocarbonyl (C=S) groups is 1. The number of hydrogen-bond donors (Lipinski definition) is 1. The van der Waals surface area contributed by atoms with Crippen molar-refractivity contribution >= 4 is 28.1 Å².